The van der Waals surface area contributed by atoms with Gasteiger partial charge in [-0.05, 0) is 55.2 Å². The SMILES string of the molecule is Cc1ccc(C(=O)NC(c2cccc(F)c2)c2nccn2C)cc1S(=O)(=O)N1CCCCC1. The average Bonchev–Trinajstić information content (AvgIpc) is 3.23. The molecule has 1 saturated heterocycles. The van der Waals surface area contributed by atoms with Crippen LogP contribution in [0.25, 0.3) is 0 Å². The number of amides is 1. The minimum absolute atomic E-state index is 0.136. The number of aromatic nitrogens is 2. The maximum absolute atomic E-state index is 13.9. The molecule has 1 amide bonds. The van der Waals surface area contributed by atoms with Crippen molar-refractivity contribution < 1.29 is 17.6 Å². The number of nitrogens with zero attached hydrogens (tertiary/aromatic N) is 3. The van der Waals surface area contributed by atoms with E-state index in [0.717, 1.165) is 19.3 Å². The van der Waals surface area contributed by atoms with Gasteiger partial charge in [0.1, 0.15) is 17.7 Å². The molecule has 1 fully saturated rings. The maximum Gasteiger partial charge on any atom is 0.252 e. The summed E-state index contributed by atoms with van der Waals surface area (Å²) < 4.78 is 43.6. The Balaban J connectivity index is 1.67. The van der Waals surface area contributed by atoms with E-state index in [9.17, 15) is 17.6 Å². The molecule has 0 spiro atoms. The molecule has 3 aromatic rings. The van der Waals surface area contributed by atoms with Crippen LogP contribution in [-0.4, -0.2) is 41.3 Å². The van der Waals surface area contributed by atoms with Crippen LogP contribution in [0.15, 0.2) is 59.8 Å². The van der Waals surface area contributed by atoms with Gasteiger partial charge in [0.2, 0.25) is 10.0 Å². The van der Waals surface area contributed by atoms with Gasteiger partial charge in [-0.1, -0.05) is 24.6 Å². The van der Waals surface area contributed by atoms with E-state index in [1.54, 1.807) is 55.2 Å². The predicted molar refractivity (Wildman–Crippen MR) is 123 cm³/mol. The number of halogens is 1. The zero-order valence-corrected chi connectivity index (χ0v) is 19.5. The summed E-state index contributed by atoms with van der Waals surface area (Å²) in [5.74, 6) is -0.365. The van der Waals surface area contributed by atoms with E-state index >= 15 is 0 Å². The molecular weight excluding hydrogens is 443 g/mol. The molecule has 9 heteroatoms. The van der Waals surface area contributed by atoms with Crippen molar-refractivity contribution in [2.75, 3.05) is 13.1 Å². The lowest BCUT2D eigenvalue weighted by Gasteiger charge is -2.26. The number of aryl methyl sites for hydroxylation is 2. The van der Waals surface area contributed by atoms with E-state index in [-0.39, 0.29) is 10.5 Å². The molecule has 1 atom stereocenters. The minimum atomic E-state index is -3.70. The number of nitrogens with one attached hydrogen (secondary N) is 1. The van der Waals surface area contributed by atoms with Crippen LogP contribution in [0.3, 0.4) is 0 Å². The van der Waals surface area contributed by atoms with Gasteiger partial charge in [0, 0.05) is 38.1 Å². The van der Waals surface area contributed by atoms with Crippen LogP contribution < -0.4 is 5.32 Å². The second-order valence-electron chi connectivity index (χ2n) is 8.30. The summed E-state index contributed by atoms with van der Waals surface area (Å²) in [6.45, 7) is 2.69. The fourth-order valence-electron chi connectivity index (χ4n) is 4.12. The second-order valence-corrected chi connectivity index (χ2v) is 10.2. The lowest BCUT2D eigenvalue weighted by molar-refractivity contribution is 0.0941. The summed E-state index contributed by atoms with van der Waals surface area (Å²) in [4.78, 5) is 17.7. The highest BCUT2D eigenvalue weighted by molar-refractivity contribution is 7.89. The van der Waals surface area contributed by atoms with Crippen molar-refractivity contribution in [3.63, 3.8) is 0 Å². The molecule has 7 nitrogen and oxygen atoms in total. The molecular formula is C24H27FN4O3S. The van der Waals surface area contributed by atoms with Crippen LogP contribution >= 0.6 is 0 Å². The lowest BCUT2D eigenvalue weighted by atomic mass is 10.0. The smallest absolute Gasteiger partial charge is 0.252 e. The normalized spacial score (nSPS) is 15.8. The zero-order chi connectivity index (χ0) is 23.6. The maximum atomic E-state index is 13.9. The number of benzene rings is 2. The summed E-state index contributed by atoms with van der Waals surface area (Å²) in [6, 6.07) is 9.92. The average molecular weight is 471 g/mol. The van der Waals surface area contributed by atoms with Crippen molar-refractivity contribution >= 4 is 15.9 Å². The molecule has 1 aromatic heterocycles. The predicted octanol–water partition coefficient (Wildman–Crippen LogP) is 3.56. The van der Waals surface area contributed by atoms with E-state index < -0.39 is 27.8 Å². The molecule has 33 heavy (non-hydrogen) atoms. The van der Waals surface area contributed by atoms with Crippen molar-refractivity contribution in [2.45, 2.75) is 37.1 Å². The second kappa shape index (κ2) is 9.44. The van der Waals surface area contributed by atoms with Gasteiger partial charge in [-0.3, -0.25) is 4.79 Å². The van der Waals surface area contributed by atoms with E-state index in [2.05, 4.69) is 10.3 Å². The molecule has 0 radical (unpaired) electrons. The van der Waals surface area contributed by atoms with Gasteiger partial charge in [-0.25, -0.2) is 17.8 Å². The van der Waals surface area contributed by atoms with Crippen LogP contribution in [0.4, 0.5) is 4.39 Å². The summed E-state index contributed by atoms with van der Waals surface area (Å²) in [6.07, 6.45) is 6.02. The Hall–Kier alpha value is -3.04. The number of carbonyl (C=O) groups is 1. The summed E-state index contributed by atoms with van der Waals surface area (Å²) in [5, 5.41) is 2.90. The van der Waals surface area contributed by atoms with Gasteiger partial charge in [-0.2, -0.15) is 4.31 Å². The van der Waals surface area contributed by atoms with Crippen LogP contribution in [0.2, 0.25) is 0 Å². The fourth-order valence-corrected chi connectivity index (χ4v) is 5.88. The van der Waals surface area contributed by atoms with Gasteiger partial charge in [0.05, 0.1) is 4.90 Å². The molecule has 0 saturated carbocycles. The first-order chi connectivity index (χ1) is 15.8. The number of hydrogen-bond acceptors (Lipinski definition) is 4. The van der Waals surface area contributed by atoms with Gasteiger partial charge >= 0.3 is 0 Å². The first kappa shape index (κ1) is 23.1. The molecule has 1 N–H and O–H groups in total. The quantitative estimate of drug-likeness (QED) is 0.597. The van der Waals surface area contributed by atoms with E-state index in [1.165, 1.54) is 22.5 Å². The number of piperidine rings is 1. The molecule has 1 aliphatic heterocycles. The molecule has 2 aromatic carbocycles. The van der Waals surface area contributed by atoms with E-state index in [4.69, 9.17) is 0 Å². The summed E-state index contributed by atoms with van der Waals surface area (Å²) in [7, 11) is -1.91. The Morgan fingerprint density at radius 1 is 1.12 bits per heavy atom. The highest BCUT2D eigenvalue weighted by Gasteiger charge is 2.29. The number of hydrogen-bond donors (Lipinski definition) is 1. The Bertz CT molecular complexity index is 1270. The molecule has 174 valence electrons. The highest BCUT2D eigenvalue weighted by Crippen LogP contribution is 2.26. The van der Waals surface area contributed by atoms with E-state index in [1.807, 2.05) is 0 Å². The Morgan fingerprint density at radius 2 is 1.88 bits per heavy atom. The largest absolute Gasteiger partial charge is 0.338 e. The molecule has 1 aliphatic rings. The Kier molecular flexibility index (Phi) is 6.62. The Labute approximate surface area is 193 Å². The fraction of sp³-hybridized carbons (Fsp3) is 0.333. The Morgan fingerprint density at radius 3 is 2.55 bits per heavy atom. The van der Waals surface area contributed by atoms with Crippen LogP contribution in [-0.2, 0) is 17.1 Å². The number of carbonyl (C=O) groups excluding carboxylic acids is 1. The lowest BCUT2D eigenvalue weighted by Crippen LogP contribution is -2.36. The minimum Gasteiger partial charge on any atom is -0.338 e. The number of rotatable bonds is 6. The van der Waals surface area contributed by atoms with Crippen LogP contribution in [0.5, 0.6) is 0 Å². The number of sulfonamides is 1. The first-order valence-corrected chi connectivity index (χ1v) is 12.4. The van der Waals surface area contributed by atoms with Gasteiger partial charge in [0.15, 0.2) is 0 Å². The van der Waals surface area contributed by atoms with Crippen molar-refractivity contribution in [1.82, 2.24) is 19.2 Å². The van der Waals surface area contributed by atoms with Gasteiger partial charge in [-0.15, -0.1) is 0 Å². The highest BCUT2D eigenvalue weighted by atomic mass is 32.2. The molecule has 0 bridgehead atoms. The molecule has 1 unspecified atom stereocenters. The summed E-state index contributed by atoms with van der Waals surface area (Å²) in [5.41, 5.74) is 1.33. The molecule has 0 aliphatic carbocycles. The third kappa shape index (κ3) is 4.84. The standard InChI is InChI=1S/C24H27FN4O3S/c1-17-9-10-19(16-21(17)33(31,32)29-12-4-3-5-13-29)24(30)27-22(23-26-11-14-28(23)2)18-7-6-8-20(25)15-18/h6-11,14-16,22H,3-5,12-13H2,1-2H3,(H,27,30). The van der Waals surface area contributed by atoms with Gasteiger partial charge in [0.25, 0.3) is 5.91 Å². The van der Waals surface area contributed by atoms with Crippen LogP contribution in [0, 0.1) is 12.7 Å². The van der Waals surface area contributed by atoms with Gasteiger partial charge < -0.3 is 9.88 Å². The van der Waals surface area contributed by atoms with Crippen LogP contribution in [0.1, 0.15) is 52.6 Å². The monoisotopic (exact) mass is 470 g/mol. The zero-order valence-electron chi connectivity index (χ0n) is 18.7. The third-order valence-electron chi connectivity index (χ3n) is 5.96. The van der Waals surface area contributed by atoms with Crippen molar-refractivity contribution in [2.24, 2.45) is 7.05 Å². The summed E-state index contributed by atoms with van der Waals surface area (Å²) >= 11 is 0. The van der Waals surface area contributed by atoms with Crippen molar-refractivity contribution in [3.05, 3.63) is 83.2 Å². The van der Waals surface area contributed by atoms with E-state index in [0.29, 0.717) is 30.0 Å². The topological polar surface area (TPSA) is 84.3 Å². The number of imidazole rings is 1. The third-order valence-corrected chi connectivity index (χ3v) is 8.00. The van der Waals surface area contributed by atoms with Crippen molar-refractivity contribution in [3.8, 4) is 0 Å². The molecule has 4 rings (SSSR count). The molecule has 2 heterocycles. The first-order valence-electron chi connectivity index (χ1n) is 10.9. The van der Waals surface area contributed by atoms with Crippen molar-refractivity contribution in [1.29, 1.82) is 0 Å².